The highest BCUT2D eigenvalue weighted by Gasteiger charge is 2.28. The summed E-state index contributed by atoms with van der Waals surface area (Å²) in [6.45, 7) is 13.3. The molecule has 2 aromatic carbocycles. The highest BCUT2D eigenvalue weighted by Crippen LogP contribution is 2.34. The van der Waals surface area contributed by atoms with Crippen LogP contribution in [0.15, 0.2) is 35.1 Å². The molecule has 0 radical (unpaired) electrons. The lowest BCUT2D eigenvalue weighted by atomic mass is 9.98. The maximum atomic E-state index is 14.0. The molecule has 198 valence electrons. The van der Waals surface area contributed by atoms with Gasteiger partial charge in [0.2, 0.25) is 0 Å². The van der Waals surface area contributed by atoms with E-state index in [-0.39, 0.29) is 11.5 Å². The molecule has 2 fully saturated rings. The Bertz CT molecular complexity index is 1610. The number of piperidine rings is 1. The largest absolute Gasteiger partial charge is 0.371 e. The SMILES string of the molecule is CCc1cc2c(=O)c3c4ccc(C#N)cc4[nH]c3n(C(C)C)c2cc1N1CCC(N2CCN(C)CC2)CC1. The molecule has 4 aromatic rings. The molecule has 1 N–H and O–H groups in total. The summed E-state index contributed by atoms with van der Waals surface area (Å²) < 4.78 is 2.28. The number of aromatic amines is 1. The molecule has 7 heteroatoms. The van der Waals surface area contributed by atoms with Gasteiger partial charge in [0.25, 0.3) is 0 Å². The van der Waals surface area contributed by atoms with Crippen LogP contribution in [0.25, 0.3) is 32.8 Å². The summed E-state index contributed by atoms with van der Waals surface area (Å²) in [4.78, 5) is 25.1. The number of aromatic nitrogens is 2. The average Bonchev–Trinajstić information content (AvgIpc) is 3.31. The Morgan fingerprint density at radius 2 is 1.76 bits per heavy atom. The van der Waals surface area contributed by atoms with Crippen LogP contribution in [-0.4, -0.2) is 71.7 Å². The Morgan fingerprint density at radius 1 is 1.03 bits per heavy atom. The third-order valence-electron chi connectivity index (χ3n) is 8.83. The fraction of sp³-hybridized carbons (Fsp3) is 0.484. The van der Waals surface area contributed by atoms with Crippen molar-refractivity contribution >= 4 is 38.5 Å². The minimum Gasteiger partial charge on any atom is -0.371 e. The summed E-state index contributed by atoms with van der Waals surface area (Å²) in [5, 5.41) is 11.8. The van der Waals surface area contributed by atoms with Crippen LogP contribution < -0.4 is 10.3 Å². The molecule has 7 nitrogen and oxygen atoms in total. The van der Waals surface area contributed by atoms with Gasteiger partial charge in [0.15, 0.2) is 5.43 Å². The molecule has 0 bridgehead atoms. The van der Waals surface area contributed by atoms with E-state index in [1.54, 1.807) is 6.07 Å². The number of benzene rings is 2. The summed E-state index contributed by atoms with van der Waals surface area (Å²) in [7, 11) is 2.22. The molecule has 2 saturated heterocycles. The van der Waals surface area contributed by atoms with Crippen molar-refractivity contribution < 1.29 is 0 Å². The maximum absolute atomic E-state index is 14.0. The van der Waals surface area contributed by atoms with Gasteiger partial charge in [-0.1, -0.05) is 13.0 Å². The molecule has 4 heterocycles. The van der Waals surface area contributed by atoms with Gasteiger partial charge in [-0.2, -0.15) is 5.26 Å². The zero-order chi connectivity index (χ0) is 26.6. The number of aryl methyl sites for hydroxylation is 1. The van der Waals surface area contributed by atoms with Crippen molar-refractivity contribution in [3.8, 4) is 6.07 Å². The Kier molecular flexibility index (Phi) is 6.41. The van der Waals surface area contributed by atoms with Crippen molar-refractivity contribution in [1.29, 1.82) is 5.26 Å². The van der Waals surface area contributed by atoms with E-state index in [2.05, 4.69) is 70.3 Å². The molecule has 6 rings (SSSR count). The van der Waals surface area contributed by atoms with Gasteiger partial charge in [-0.05, 0) is 70.0 Å². The van der Waals surface area contributed by atoms with E-state index >= 15 is 0 Å². The molecule has 2 aliphatic rings. The first kappa shape index (κ1) is 25.0. The molecule has 2 aliphatic heterocycles. The first-order valence-corrected chi connectivity index (χ1v) is 14.1. The molecule has 0 saturated carbocycles. The lowest BCUT2D eigenvalue weighted by Crippen LogP contribution is -2.52. The predicted octanol–water partition coefficient (Wildman–Crippen LogP) is 4.87. The van der Waals surface area contributed by atoms with Crippen molar-refractivity contribution in [1.82, 2.24) is 19.4 Å². The van der Waals surface area contributed by atoms with Crippen molar-refractivity contribution in [3.05, 3.63) is 51.7 Å². The number of pyridine rings is 1. The van der Waals surface area contributed by atoms with Crippen molar-refractivity contribution in [3.63, 3.8) is 0 Å². The van der Waals surface area contributed by atoms with E-state index in [9.17, 15) is 10.1 Å². The number of rotatable bonds is 4. The van der Waals surface area contributed by atoms with E-state index in [1.165, 1.54) is 37.2 Å². The monoisotopic (exact) mass is 510 g/mol. The van der Waals surface area contributed by atoms with E-state index in [0.717, 1.165) is 60.1 Å². The zero-order valence-electron chi connectivity index (χ0n) is 23.0. The lowest BCUT2D eigenvalue weighted by molar-refractivity contribution is 0.0982. The Balaban J connectivity index is 1.44. The van der Waals surface area contributed by atoms with Crippen LogP contribution in [0, 0.1) is 11.3 Å². The van der Waals surface area contributed by atoms with Gasteiger partial charge in [-0.3, -0.25) is 9.69 Å². The Hall–Kier alpha value is -3.34. The number of hydrogen-bond acceptors (Lipinski definition) is 5. The van der Waals surface area contributed by atoms with Gasteiger partial charge in [-0.25, -0.2) is 0 Å². The number of nitriles is 1. The summed E-state index contributed by atoms with van der Waals surface area (Å²) in [5.41, 5.74) is 5.83. The van der Waals surface area contributed by atoms with Gasteiger partial charge in [0.1, 0.15) is 5.65 Å². The smallest absolute Gasteiger partial charge is 0.199 e. The standard InChI is InChI=1S/C31H38N6O/c1-5-22-17-25-28(18-27(22)36-10-8-23(9-11-36)35-14-12-34(4)13-15-35)37(20(2)3)31-29(30(25)38)24-7-6-21(19-32)16-26(24)33-31/h6-7,16-18,20,23,33H,5,8-15H2,1-4H3. The second kappa shape index (κ2) is 9.76. The molecule has 0 aliphatic carbocycles. The summed E-state index contributed by atoms with van der Waals surface area (Å²) in [6, 6.07) is 13.0. The van der Waals surface area contributed by atoms with E-state index in [4.69, 9.17) is 0 Å². The van der Waals surface area contributed by atoms with Gasteiger partial charge >= 0.3 is 0 Å². The number of piperazine rings is 1. The maximum Gasteiger partial charge on any atom is 0.199 e. The summed E-state index contributed by atoms with van der Waals surface area (Å²) in [5.74, 6) is 0. The quantitative estimate of drug-likeness (QED) is 0.424. The molecular formula is C31H38N6O. The van der Waals surface area contributed by atoms with Crippen LogP contribution >= 0.6 is 0 Å². The molecule has 0 amide bonds. The highest BCUT2D eigenvalue weighted by atomic mass is 16.1. The van der Waals surface area contributed by atoms with Crippen LogP contribution in [0.4, 0.5) is 5.69 Å². The third-order valence-corrected chi connectivity index (χ3v) is 8.83. The van der Waals surface area contributed by atoms with Crippen molar-refractivity contribution in [2.24, 2.45) is 0 Å². The average molecular weight is 511 g/mol. The zero-order valence-corrected chi connectivity index (χ0v) is 23.0. The van der Waals surface area contributed by atoms with Crippen molar-refractivity contribution in [2.75, 3.05) is 51.2 Å². The third kappa shape index (κ3) is 4.07. The fourth-order valence-electron chi connectivity index (χ4n) is 6.69. The molecule has 0 atom stereocenters. The van der Waals surface area contributed by atoms with Gasteiger partial charge in [-0.15, -0.1) is 0 Å². The number of nitrogens with zero attached hydrogens (tertiary/aromatic N) is 5. The van der Waals surface area contributed by atoms with Gasteiger partial charge in [0.05, 0.1) is 22.5 Å². The lowest BCUT2D eigenvalue weighted by Gasteiger charge is -2.43. The number of anilines is 1. The Morgan fingerprint density at radius 3 is 2.42 bits per heavy atom. The fourth-order valence-corrected chi connectivity index (χ4v) is 6.69. The van der Waals surface area contributed by atoms with E-state index in [1.807, 2.05) is 12.1 Å². The first-order valence-electron chi connectivity index (χ1n) is 14.1. The highest BCUT2D eigenvalue weighted by molar-refractivity contribution is 6.10. The summed E-state index contributed by atoms with van der Waals surface area (Å²) >= 11 is 0. The number of fused-ring (bicyclic) bond motifs is 4. The van der Waals surface area contributed by atoms with Crippen LogP contribution in [0.1, 0.15) is 50.8 Å². The van der Waals surface area contributed by atoms with E-state index < -0.39 is 0 Å². The first-order chi connectivity index (χ1) is 18.4. The molecular weight excluding hydrogens is 472 g/mol. The van der Waals surface area contributed by atoms with Crippen molar-refractivity contribution in [2.45, 2.75) is 52.1 Å². The van der Waals surface area contributed by atoms with Crippen LogP contribution in [-0.2, 0) is 6.42 Å². The molecule has 2 aromatic heterocycles. The second-order valence-corrected chi connectivity index (χ2v) is 11.4. The molecule has 0 unspecified atom stereocenters. The number of nitrogens with one attached hydrogen (secondary N) is 1. The van der Waals surface area contributed by atoms with Gasteiger partial charge < -0.3 is 19.4 Å². The number of hydrogen-bond donors (Lipinski definition) is 1. The predicted molar refractivity (Wildman–Crippen MR) is 156 cm³/mol. The van der Waals surface area contributed by atoms with Crippen LogP contribution in [0.5, 0.6) is 0 Å². The number of likely N-dealkylation sites (N-methyl/N-ethyl adjacent to an activating group) is 1. The number of H-pyrrole nitrogens is 1. The summed E-state index contributed by atoms with van der Waals surface area (Å²) in [6.07, 6.45) is 3.26. The molecule has 0 spiro atoms. The minimum absolute atomic E-state index is 0.0675. The minimum atomic E-state index is 0.0675. The normalized spacial score (nSPS) is 18.3. The second-order valence-electron chi connectivity index (χ2n) is 11.4. The van der Waals surface area contributed by atoms with Crippen LogP contribution in [0.2, 0.25) is 0 Å². The van der Waals surface area contributed by atoms with Crippen LogP contribution in [0.3, 0.4) is 0 Å². The Labute approximate surface area is 224 Å². The van der Waals surface area contributed by atoms with E-state index in [0.29, 0.717) is 17.0 Å². The topological polar surface area (TPSA) is 71.3 Å². The van der Waals surface area contributed by atoms with Gasteiger partial charge in [0, 0.05) is 73.3 Å². The molecule has 38 heavy (non-hydrogen) atoms.